The highest BCUT2D eigenvalue weighted by Gasteiger charge is 2.55. The molecule has 38 heavy (non-hydrogen) atoms. The number of fused-ring (bicyclic) bond motifs is 3. The highest BCUT2D eigenvalue weighted by atomic mass is 32.2. The zero-order chi connectivity index (χ0) is 27.5. The summed E-state index contributed by atoms with van der Waals surface area (Å²) in [5.74, 6) is -0.357. The molecular weight excluding hydrogens is 521 g/mol. The van der Waals surface area contributed by atoms with Crippen molar-refractivity contribution in [2.45, 2.75) is 60.8 Å². The minimum absolute atomic E-state index is 0.0330. The summed E-state index contributed by atoms with van der Waals surface area (Å²) in [6, 6.07) is 17.1. The molecule has 0 aromatic heterocycles. The van der Waals surface area contributed by atoms with E-state index in [1.807, 2.05) is 0 Å². The topological polar surface area (TPSA) is 37.4 Å². The fourth-order valence-corrected chi connectivity index (χ4v) is 6.81. The van der Waals surface area contributed by atoms with Crippen LogP contribution < -0.4 is 4.90 Å². The Morgan fingerprint density at radius 3 is 2.24 bits per heavy atom. The molecule has 202 valence electrons. The average Bonchev–Trinajstić information content (AvgIpc) is 3.23. The Balaban J connectivity index is 1.58. The highest BCUT2D eigenvalue weighted by molar-refractivity contribution is 7.90. The number of anilines is 1. The summed E-state index contributed by atoms with van der Waals surface area (Å²) in [6.45, 7) is 1.20. The van der Waals surface area contributed by atoms with E-state index in [1.54, 1.807) is 42.5 Å². The third-order valence-electron chi connectivity index (χ3n) is 8.25. The SMILES string of the molecule is CC(F)(c1ccc2c(c1)CC[C@H]1N(c3ccc(S(C)(=O)=O)cc3)CC[C@@]21Cc1ccc(F)cc1)C(F)(F)F. The van der Waals surface area contributed by atoms with Gasteiger partial charge in [0.15, 0.2) is 9.84 Å². The van der Waals surface area contributed by atoms with Gasteiger partial charge in [0.2, 0.25) is 5.67 Å². The number of hydrogen-bond donors (Lipinski definition) is 0. The maximum Gasteiger partial charge on any atom is 0.426 e. The minimum atomic E-state index is -5.04. The molecule has 1 saturated heterocycles. The van der Waals surface area contributed by atoms with Crippen molar-refractivity contribution in [3.63, 3.8) is 0 Å². The third kappa shape index (κ3) is 4.48. The summed E-state index contributed by atoms with van der Waals surface area (Å²) >= 11 is 0. The Morgan fingerprint density at radius 2 is 1.63 bits per heavy atom. The number of rotatable bonds is 5. The standard InChI is InChI=1S/C29H28F5NO2S/c1-27(31,29(32,33)34)21-6-13-25-20(17-21)5-14-26-28(25,18-19-3-7-22(30)8-4-19)15-16-35(26)23-9-11-24(12-10-23)38(2,36)37/h3-4,6-13,17,26H,5,14-16,18H2,1-2H3/t26-,27?,28-/m1/s1. The molecule has 1 unspecified atom stereocenters. The number of halogens is 5. The van der Waals surface area contributed by atoms with E-state index in [2.05, 4.69) is 4.90 Å². The smallest absolute Gasteiger partial charge is 0.368 e. The first-order valence-electron chi connectivity index (χ1n) is 12.4. The van der Waals surface area contributed by atoms with Gasteiger partial charge in [-0.1, -0.05) is 30.3 Å². The van der Waals surface area contributed by atoms with Crippen LogP contribution in [-0.2, 0) is 33.8 Å². The van der Waals surface area contributed by atoms with Crippen LogP contribution in [0.3, 0.4) is 0 Å². The second kappa shape index (κ2) is 9.07. The number of nitrogens with zero attached hydrogens (tertiary/aromatic N) is 1. The number of hydrogen-bond acceptors (Lipinski definition) is 3. The molecule has 0 bridgehead atoms. The molecule has 1 aliphatic carbocycles. The van der Waals surface area contributed by atoms with Crippen LogP contribution >= 0.6 is 0 Å². The molecule has 0 saturated carbocycles. The van der Waals surface area contributed by atoms with Gasteiger partial charge in [-0.25, -0.2) is 17.2 Å². The molecule has 0 amide bonds. The summed E-state index contributed by atoms with van der Waals surface area (Å²) in [4.78, 5) is 2.44. The monoisotopic (exact) mass is 549 g/mol. The molecule has 0 radical (unpaired) electrons. The van der Waals surface area contributed by atoms with Crippen LogP contribution in [0.5, 0.6) is 0 Å². The first kappa shape index (κ1) is 26.7. The molecule has 1 aliphatic heterocycles. The Labute approximate surface area is 219 Å². The molecule has 3 atom stereocenters. The van der Waals surface area contributed by atoms with Crippen molar-refractivity contribution in [2.75, 3.05) is 17.7 Å². The highest BCUT2D eigenvalue weighted by Crippen LogP contribution is 2.52. The van der Waals surface area contributed by atoms with Crippen LogP contribution in [0.2, 0.25) is 0 Å². The van der Waals surface area contributed by atoms with E-state index in [4.69, 9.17) is 0 Å². The molecule has 1 heterocycles. The van der Waals surface area contributed by atoms with Crippen LogP contribution in [0, 0.1) is 5.82 Å². The van der Waals surface area contributed by atoms with Gasteiger partial charge >= 0.3 is 6.18 Å². The molecule has 2 aliphatic rings. The van der Waals surface area contributed by atoms with E-state index in [0.29, 0.717) is 44.7 Å². The van der Waals surface area contributed by atoms with Gasteiger partial charge in [0.1, 0.15) is 5.82 Å². The van der Waals surface area contributed by atoms with Crippen molar-refractivity contribution in [1.29, 1.82) is 0 Å². The summed E-state index contributed by atoms with van der Waals surface area (Å²) < 4.78 is 92.7. The number of sulfone groups is 1. The maximum atomic E-state index is 14.8. The molecule has 0 spiro atoms. The van der Waals surface area contributed by atoms with Crippen molar-refractivity contribution in [3.8, 4) is 0 Å². The lowest BCUT2D eigenvalue weighted by atomic mass is 9.63. The van der Waals surface area contributed by atoms with Crippen molar-refractivity contribution in [1.82, 2.24) is 0 Å². The lowest BCUT2D eigenvalue weighted by molar-refractivity contribution is -0.228. The van der Waals surface area contributed by atoms with Crippen molar-refractivity contribution in [2.24, 2.45) is 0 Å². The summed E-state index contributed by atoms with van der Waals surface area (Å²) in [5, 5.41) is 0. The number of aryl methyl sites for hydroxylation is 1. The molecule has 1 fully saturated rings. The molecule has 3 aromatic rings. The largest absolute Gasteiger partial charge is 0.426 e. The Bertz CT molecular complexity index is 1450. The van der Waals surface area contributed by atoms with Crippen LogP contribution in [0.15, 0.2) is 71.6 Å². The Kier molecular flexibility index (Phi) is 6.36. The van der Waals surface area contributed by atoms with Gasteiger partial charge in [0.25, 0.3) is 0 Å². The zero-order valence-corrected chi connectivity index (χ0v) is 21.8. The van der Waals surface area contributed by atoms with Crippen LogP contribution in [0.1, 0.15) is 42.0 Å². The van der Waals surface area contributed by atoms with Gasteiger partial charge in [0.05, 0.1) is 4.90 Å². The van der Waals surface area contributed by atoms with Gasteiger partial charge in [-0.15, -0.1) is 0 Å². The van der Waals surface area contributed by atoms with Crippen LogP contribution in [0.25, 0.3) is 0 Å². The quantitative estimate of drug-likeness (QED) is 0.333. The van der Waals surface area contributed by atoms with Crippen molar-refractivity contribution in [3.05, 3.63) is 94.8 Å². The third-order valence-corrected chi connectivity index (χ3v) is 9.37. The van der Waals surface area contributed by atoms with Gasteiger partial charge in [-0.05, 0) is 91.3 Å². The summed E-state index contributed by atoms with van der Waals surface area (Å²) in [6.07, 6.45) is -1.56. The minimum Gasteiger partial charge on any atom is -0.368 e. The molecule has 0 N–H and O–H groups in total. The van der Waals surface area contributed by atoms with E-state index in [-0.39, 0.29) is 16.8 Å². The fourth-order valence-electron chi connectivity index (χ4n) is 6.18. The van der Waals surface area contributed by atoms with E-state index >= 15 is 0 Å². The van der Waals surface area contributed by atoms with E-state index in [0.717, 1.165) is 23.1 Å². The van der Waals surface area contributed by atoms with Gasteiger partial charge in [-0.3, -0.25) is 0 Å². The number of benzene rings is 3. The van der Waals surface area contributed by atoms with E-state index in [9.17, 15) is 30.4 Å². The second-order valence-electron chi connectivity index (χ2n) is 10.6. The van der Waals surface area contributed by atoms with Gasteiger partial charge in [-0.2, -0.15) is 13.2 Å². The normalized spacial score (nSPS) is 23.0. The molecule has 3 aromatic carbocycles. The zero-order valence-electron chi connectivity index (χ0n) is 21.0. The first-order valence-corrected chi connectivity index (χ1v) is 14.3. The first-order chi connectivity index (χ1) is 17.7. The molecule has 3 nitrogen and oxygen atoms in total. The fraction of sp³-hybridized carbons (Fsp3) is 0.379. The van der Waals surface area contributed by atoms with Crippen LogP contribution in [-0.4, -0.2) is 33.4 Å². The molecular formula is C29H28F5NO2S. The molecule has 9 heteroatoms. The van der Waals surface area contributed by atoms with Gasteiger partial charge < -0.3 is 4.90 Å². The Morgan fingerprint density at radius 1 is 0.974 bits per heavy atom. The lowest BCUT2D eigenvalue weighted by Gasteiger charge is -2.44. The summed E-state index contributed by atoms with van der Waals surface area (Å²) in [7, 11) is -3.35. The van der Waals surface area contributed by atoms with Crippen molar-refractivity contribution < 1.29 is 30.4 Å². The van der Waals surface area contributed by atoms with Crippen molar-refractivity contribution >= 4 is 15.5 Å². The predicted molar refractivity (Wildman–Crippen MR) is 136 cm³/mol. The van der Waals surface area contributed by atoms with Crippen LogP contribution in [0.4, 0.5) is 27.6 Å². The number of alkyl halides is 4. The second-order valence-corrected chi connectivity index (χ2v) is 12.6. The average molecular weight is 550 g/mol. The predicted octanol–water partition coefficient (Wildman–Crippen LogP) is 6.68. The summed E-state index contributed by atoms with van der Waals surface area (Å²) in [5.41, 5.74) is -1.04. The van der Waals surface area contributed by atoms with E-state index in [1.165, 1.54) is 24.3 Å². The Hall–Kier alpha value is -2.94. The van der Waals surface area contributed by atoms with Gasteiger partial charge in [0, 0.05) is 29.9 Å². The molecule has 5 rings (SSSR count). The lowest BCUT2D eigenvalue weighted by Crippen LogP contribution is -2.48. The van der Waals surface area contributed by atoms with E-state index < -0.39 is 32.7 Å². The maximum absolute atomic E-state index is 14.8.